The van der Waals surface area contributed by atoms with E-state index in [2.05, 4.69) is 13.8 Å². The monoisotopic (exact) mass is 510 g/mol. The van der Waals surface area contributed by atoms with Gasteiger partial charge >= 0.3 is 17.9 Å². The van der Waals surface area contributed by atoms with E-state index in [1.165, 1.54) is 0 Å². The Balaban J connectivity index is 2.23. The molecule has 37 heavy (non-hydrogen) atoms. The smallest absolute Gasteiger partial charge is 0.321 e. The van der Waals surface area contributed by atoms with Crippen molar-refractivity contribution in [2.45, 2.75) is 85.5 Å². The number of carbonyl (C=O) groups is 3. The summed E-state index contributed by atoms with van der Waals surface area (Å²) in [5.74, 6) is -3.96. The van der Waals surface area contributed by atoms with Crippen LogP contribution in [0.4, 0.5) is 0 Å². The van der Waals surface area contributed by atoms with Crippen molar-refractivity contribution in [3.05, 3.63) is 71.8 Å². The standard InChI is InChI=1S/C31H42O6/c1-23(2)15-9-6-14-20-26(28(32)35-21-24-16-10-7-11-17-24)27(30(34)37-31(3,4)5)29(33)36-22-25-18-12-8-13-19-25/h7-8,10-13,16-19,23,26-27H,6,9,14-15,20-22H2,1-5H3. The van der Waals surface area contributed by atoms with Crippen LogP contribution in [0.5, 0.6) is 0 Å². The Morgan fingerprint density at radius 2 is 1.16 bits per heavy atom. The summed E-state index contributed by atoms with van der Waals surface area (Å²) in [6.45, 7) is 9.59. The van der Waals surface area contributed by atoms with Gasteiger partial charge in [-0.2, -0.15) is 0 Å². The molecule has 0 bridgehead atoms. The molecule has 202 valence electrons. The molecule has 0 fully saturated rings. The van der Waals surface area contributed by atoms with Gasteiger partial charge in [0.15, 0.2) is 5.92 Å². The van der Waals surface area contributed by atoms with E-state index in [4.69, 9.17) is 14.2 Å². The zero-order valence-electron chi connectivity index (χ0n) is 22.9. The van der Waals surface area contributed by atoms with Crippen LogP contribution >= 0.6 is 0 Å². The average Bonchev–Trinajstić information content (AvgIpc) is 2.85. The van der Waals surface area contributed by atoms with Crippen LogP contribution in [0.3, 0.4) is 0 Å². The maximum atomic E-state index is 13.3. The topological polar surface area (TPSA) is 78.9 Å². The summed E-state index contributed by atoms with van der Waals surface area (Å²) in [5.41, 5.74) is 0.785. The minimum atomic E-state index is -1.41. The van der Waals surface area contributed by atoms with Crippen LogP contribution in [-0.2, 0) is 41.8 Å². The molecule has 0 saturated carbocycles. The van der Waals surface area contributed by atoms with Gasteiger partial charge in [0.1, 0.15) is 18.8 Å². The number of carbonyl (C=O) groups excluding carboxylic acids is 3. The van der Waals surface area contributed by atoms with Gasteiger partial charge in [-0.3, -0.25) is 14.4 Å². The molecule has 0 heterocycles. The molecule has 0 saturated heterocycles. The quantitative estimate of drug-likeness (QED) is 0.122. The van der Waals surface area contributed by atoms with E-state index in [9.17, 15) is 14.4 Å². The fourth-order valence-electron chi connectivity index (χ4n) is 3.96. The van der Waals surface area contributed by atoms with Crippen LogP contribution in [0, 0.1) is 17.8 Å². The van der Waals surface area contributed by atoms with E-state index in [-0.39, 0.29) is 13.2 Å². The van der Waals surface area contributed by atoms with Crippen molar-refractivity contribution in [2.24, 2.45) is 17.8 Å². The Bertz CT molecular complexity index is 962. The fraction of sp³-hybridized carbons (Fsp3) is 0.516. The first-order valence-electron chi connectivity index (χ1n) is 13.2. The predicted molar refractivity (Wildman–Crippen MR) is 143 cm³/mol. The summed E-state index contributed by atoms with van der Waals surface area (Å²) in [7, 11) is 0. The Hall–Kier alpha value is -3.15. The first kappa shape index (κ1) is 30.1. The first-order chi connectivity index (χ1) is 17.6. The highest BCUT2D eigenvalue weighted by Crippen LogP contribution is 2.27. The van der Waals surface area contributed by atoms with Crippen molar-refractivity contribution in [3.63, 3.8) is 0 Å². The number of hydrogen-bond donors (Lipinski definition) is 0. The van der Waals surface area contributed by atoms with E-state index >= 15 is 0 Å². The number of benzene rings is 2. The second-order valence-corrected chi connectivity index (χ2v) is 10.8. The van der Waals surface area contributed by atoms with Crippen molar-refractivity contribution in [1.29, 1.82) is 0 Å². The predicted octanol–water partition coefficient (Wildman–Crippen LogP) is 6.65. The molecule has 2 aromatic rings. The molecule has 6 heteroatoms. The lowest BCUT2D eigenvalue weighted by Gasteiger charge is -2.27. The van der Waals surface area contributed by atoms with E-state index in [0.29, 0.717) is 18.8 Å². The molecule has 0 aliphatic carbocycles. The van der Waals surface area contributed by atoms with Crippen molar-refractivity contribution < 1.29 is 28.6 Å². The van der Waals surface area contributed by atoms with Gasteiger partial charge in [-0.15, -0.1) is 0 Å². The molecule has 0 aromatic heterocycles. The second-order valence-electron chi connectivity index (χ2n) is 10.8. The third kappa shape index (κ3) is 11.6. The molecule has 2 aromatic carbocycles. The van der Waals surface area contributed by atoms with Gasteiger partial charge in [0.2, 0.25) is 0 Å². The SMILES string of the molecule is CC(C)CCCCCC(C(=O)OCc1ccccc1)C(C(=O)OCc1ccccc1)C(=O)OC(C)(C)C. The largest absolute Gasteiger partial charge is 0.461 e. The molecule has 0 spiro atoms. The van der Waals surface area contributed by atoms with Gasteiger partial charge in [-0.1, -0.05) is 100 Å². The normalized spacial score (nSPS) is 13.0. The molecular formula is C31H42O6. The van der Waals surface area contributed by atoms with Gasteiger partial charge in [-0.25, -0.2) is 0 Å². The lowest BCUT2D eigenvalue weighted by molar-refractivity contribution is -0.178. The molecule has 2 atom stereocenters. The fourth-order valence-corrected chi connectivity index (χ4v) is 3.96. The van der Waals surface area contributed by atoms with Crippen molar-refractivity contribution in [2.75, 3.05) is 0 Å². The van der Waals surface area contributed by atoms with E-state index in [0.717, 1.165) is 30.4 Å². The van der Waals surface area contributed by atoms with Gasteiger partial charge < -0.3 is 14.2 Å². The highest BCUT2D eigenvalue weighted by atomic mass is 16.6. The van der Waals surface area contributed by atoms with Crippen molar-refractivity contribution >= 4 is 17.9 Å². The summed E-state index contributed by atoms with van der Waals surface area (Å²) in [5, 5.41) is 0. The van der Waals surface area contributed by atoms with Crippen LogP contribution in [0.25, 0.3) is 0 Å². The molecule has 0 aliphatic heterocycles. The van der Waals surface area contributed by atoms with Crippen LogP contribution in [-0.4, -0.2) is 23.5 Å². The van der Waals surface area contributed by atoms with Crippen molar-refractivity contribution in [1.82, 2.24) is 0 Å². The minimum absolute atomic E-state index is 0.000851. The zero-order valence-corrected chi connectivity index (χ0v) is 22.9. The highest BCUT2D eigenvalue weighted by molar-refractivity contribution is 5.99. The average molecular weight is 511 g/mol. The summed E-state index contributed by atoms with van der Waals surface area (Å²) in [6, 6.07) is 18.5. The summed E-state index contributed by atoms with van der Waals surface area (Å²) >= 11 is 0. The first-order valence-corrected chi connectivity index (χ1v) is 13.2. The molecule has 0 N–H and O–H groups in total. The number of rotatable bonds is 14. The second kappa shape index (κ2) is 15.2. The molecule has 2 rings (SSSR count). The molecule has 0 radical (unpaired) electrons. The molecule has 6 nitrogen and oxygen atoms in total. The van der Waals surface area contributed by atoms with Gasteiger partial charge in [0.05, 0.1) is 5.92 Å². The van der Waals surface area contributed by atoms with Gasteiger partial charge in [0, 0.05) is 0 Å². The Morgan fingerprint density at radius 3 is 1.65 bits per heavy atom. The number of hydrogen-bond acceptors (Lipinski definition) is 6. The molecule has 0 aliphatic rings. The lowest BCUT2D eigenvalue weighted by atomic mass is 9.87. The zero-order chi connectivity index (χ0) is 27.3. The van der Waals surface area contributed by atoms with Gasteiger partial charge in [-0.05, 0) is 44.2 Å². The Kier molecular flexibility index (Phi) is 12.3. The molecular weight excluding hydrogens is 468 g/mol. The summed E-state index contributed by atoms with van der Waals surface area (Å²) in [6.07, 6.45) is 4.00. The summed E-state index contributed by atoms with van der Waals surface area (Å²) < 4.78 is 16.7. The van der Waals surface area contributed by atoms with Crippen LogP contribution in [0.1, 0.15) is 77.8 Å². The van der Waals surface area contributed by atoms with E-state index in [1.54, 1.807) is 20.8 Å². The number of ether oxygens (including phenoxy) is 3. The van der Waals surface area contributed by atoms with Crippen LogP contribution in [0.15, 0.2) is 60.7 Å². The highest BCUT2D eigenvalue weighted by Gasteiger charge is 2.43. The number of esters is 3. The van der Waals surface area contributed by atoms with Gasteiger partial charge in [0.25, 0.3) is 0 Å². The summed E-state index contributed by atoms with van der Waals surface area (Å²) in [4.78, 5) is 39.9. The molecule has 2 unspecified atom stereocenters. The third-order valence-corrected chi connectivity index (χ3v) is 5.86. The maximum Gasteiger partial charge on any atom is 0.321 e. The molecule has 0 amide bonds. The Morgan fingerprint density at radius 1 is 0.676 bits per heavy atom. The van der Waals surface area contributed by atoms with E-state index < -0.39 is 35.3 Å². The number of unbranched alkanes of at least 4 members (excludes halogenated alkanes) is 2. The minimum Gasteiger partial charge on any atom is -0.461 e. The maximum absolute atomic E-state index is 13.3. The third-order valence-electron chi connectivity index (χ3n) is 5.86. The van der Waals surface area contributed by atoms with Crippen LogP contribution < -0.4 is 0 Å². The van der Waals surface area contributed by atoms with E-state index in [1.807, 2.05) is 60.7 Å². The van der Waals surface area contributed by atoms with Crippen molar-refractivity contribution in [3.8, 4) is 0 Å². The lowest BCUT2D eigenvalue weighted by Crippen LogP contribution is -2.41. The van der Waals surface area contributed by atoms with Crippen LogP contribution in [0.2, 0.25) is 0 Å². The Labute approximate surface area is 221 Å².